The van der Waals surface area contributed by atoms with Crippen LogP contribution in [0.25, 0.3) is 0 Å². The lowest BCUT2D eigenvalue weighted by Gasteiger charge is -2.08. The highest BCUT2D eigenvalue weighted by molar-refractivity contribution is 5.91. The minimum atomic E-state index is -0.548. The van der Waals surface area contributed by atoms with E-state index in [9.17, 15) is 4.79 Å². The van der Waals surface area contributed by atoms with Crippen molar-refractivity contribution in [1.29, 1.82) is 0 Å². The van der Waals surface area contributed by atoms with Gasteiger partial charge in [-0.2, -0.15) is 0 Å². The molecular weight excluding hydrogens is 260 g/mol. The topological polar surface area (TPSA) is 94.7 Å². The molecule has 106 valence electrons. The molecule has 0 spiro atoms. The molecule has 6 nitrogen and oxygen atoms in total. The predicted molar refractivity (Wildman–Crippen MR) is 74.1 cm³/mol. The van der Waals surface area contributed by atoms with Crippen LogP contribution in [0.1, 0.15) is 11.5 Å². The number of carbonyl (C=O) groups excluding carboxylic acids is 1. The number of benzene rings is 1. The van der Waals surface area contributed by atoms with Gasteiger partial charge in [-0.25, -0.2) is 0 Å². The summed E-state index contributed by atoms with van der Waals surface area (Å²) in [6.07, 6.45) is 0. The van der Waals surface area contributed by atoms with Crippen molar-refractivity contribution in [3.8, 4) is 0 Å². The van der Waals surface area contributed by atoms with Crippen molar-refractivity contribution >= 4 is 17.3 Å². The van der Waals surface area contributed by atoms with E-state index in [1.165, 1.54) is 0 Å². The lowest BCUT2D eigenvalue weighted by atomic mass is 10.2. The van der Waals surface area contributed by atoms with E-state index in [1.54, 1.807) is 30.3 Å². The van der Waals surface area contributed by atoms with E-state index in [1.807, 2.05) is 6.07 Å². The average molecular weight is 276 g/mol. The van der Waals surface area contributed by atoms with Crippen LogP contribution in [0.4, 0.5) is 11.4 Å². The molecular formula is C14H16N2O4. The summed E-state index contributed by atoms with van der Waals surface area (Å²) in [6, 6.07) is 10.6. The van der Waals surface area contributed by atoms with Crippen molar-refractivity contribution in [3.05, 3.63) is 47.9 Å². The van der Waals surface area contributed by atoms with Gasteiger partial charge in [-0.05, 0) is 30.3 Å². The van der Waals surface area contributed by atoms with Gasteiger partial charge >= 0.3 is 0 Å². The minimum Gasteiger partial charge on any atom is -0.462 e. The SMILES string of the molecule is O=C(CO)Nc1cccc(NCc2ccc(CO)o2)c1. The number of rotatable bonds is 6. The molecule has 0 radical (unpaired) electrons. The Morgan fingerprint density at radius 2 is 1.85 bits per heavy atom. The molecule has 0 fully saturated rings. The van der Waals surface area contributed by atoms with Crippen LogP contribution < -0.4 is 10.6 Å². The smallest absolute Gasteiger partial charge is 0.250 e. The van der Waals surface area contributed by atoms with E-state index in [4.69, 9.17) is 14.6 Å². The molecule has 20 heavy (non-hydrogen) atoms. The number of hydrogen-bond donors (Lipinski definition) is 4. The molecule has 0 aliphatic rings. The van der Waals surface area contributed by atoms with Crippen LogP contribution in [0.15, 0.2) is 40.8 Å². The highest BCUT2D eigenvalue weighted by atomic mass is 16.4. The van der Waals surface area contributed by atoms with Gasteiger partial charge in [0.15, 0.2) is 0 Å². The van der Waals surface area contributed by atoms with Crippen LogP contribution in [-0.2, 0) is 17.9 Å². The molecule has 6 heteroatoms. The highest BCUT2D eigenvalue weighted by Crippen LogP contribution is 2.16. The molecule has 4 N–H and O–H groups in total. The summed E-state index contributed by atoms with van der Waals surface area (Å²) in [4.78, 5) is 11.1. The minimum absolute atomic E-state index is 0.122. The normalized spacial score (nSPS) is 10.3. The van der Waals surface area contributed by atoms with Gasteiger partial charge in [0.1, 0.15) is 24.7 Å². The fourth-order valence-corrected chi connectivity index (χ4v) is 1.70. The van der Waals surface area contributed by atoms with Gasteiger partial charge < -0.3 is 25.3 Å². The maximum absolute atomic E-state index is 11.1. The van der Waals surface area contributed by atoms with Crippen LogP contribution >= 0.6 is 0 Å². The second-order valence-electron chi connectivity index (χ2n) is 4.17. The Morgan fingerprint density at radius 3 is 2.55 bits per heavy atom. The molecule has 0 unspecified atom stereocenters. The molecule has 0 aliphatic heterocycles. The third kappa shape index (κ3) is 3.84. The average Bonchev–Trinajstić information content (AvgIpc) is 2.93. The standard InChI is InChI=1S/C14H16N2O4/c17-8-13-5-4-12(20-13)7-15-10-2-1-3-11(6-10)16-14(19)9-18/h1-6,15,17-18H,7-9H2,(H,16,19). The zero-order valence-corrected chi connectivity index (χ0v) is 10.8. The first-order chi connectivity index (χ1) is 9.71. The van der Waals surface area contributed by atoms with Crippen molar-refractivity contribution < 1.29 is 19.4 Å². The van der Waals surface area contributed by atoms with Gasteiger partial charge in [-0.15, -0.1) is 0 Å². The van der Waals surface area contributed by atoms with E-state index in [-0.39, 0.29) is 6.61 Å². The predicted octanol–water partition coefficient (Wildman–Crippen LogP) is 1.31. The van der Waals surface area contributed by atoms with Crippen LogP contribution in [0.3, 0.4) is 0 Å². The Kier molecular flexibility index (Phi) is 4.75. The molecule has 2 aromatic rings. The molecule has 2 rings (SSSR count). The van der Waals surface area contributed by atoms with Crippen LogP contribution in [0.2, 0.25) is 0 Å². The molecule has 0 saturated heterocycles. The van der Waals surface area contributed by atoms with Crippen molar-refractivity contribution in [2.75, 3.05) is 17.2 Å². The second kappa shape index (κ2) is 6.74. The second-order valence-corrected chi connectivity index (χ2v) is 4.17. The van der Waals surface area contributed by atoms with E-state index in [0.29, 0.717) is 23.8 Å². The Labute approximate surface area is 116 Å². The first-order valence-corrected chi connectivity index (χ1v) is 6.14. The number of aliphatic hydroxyl groups excluding tert-OH is 2. The number of carbonyl (C=O) groups is 1. The van der Waals surface area contributed by atoms with Gasteiger partial charge in [-0.3, -0.25) is 4.79 Å². The summed E-state index contributed by atoms with van der Waals surface area (Å²) in [7, 11) is 0. The zero-order chi connectivity index (χ0) is 14.4. The van der Waals surface area contributed by atoms with Gasteiger partial charge in [-0.1, -0.05) is 6.07 Å². The summed E-state index contributed by atoms with van der Waals surface area (Å²) >= 11 is 0. The van der Waals surface area contributed by atoms with E-state index >= 15 is 0 Å². The lowest BCUT2D eigenvalue weighted by molar-refractivity contribution is -0.118. The summed E-state index contributed by atoms with van der Waals surface area (Å²) in [5, 5.41) is 23.3. The van der Waals surface area contributed by atoms with Gasteiger partial charge in [0.25, 0.3) is 0 Å². The zero-order valence-electron chi connectivity index (χ0n) is 10.8. The highest BCUT2D eigenvalue weighted by Gasteiger charge is 2.03. The molecule has 1 heterocycles. The number of furan rings is 1. The number of amides is 1. The number of anilines is 2. The molecule has 1 amide bonds. The number of hydrogen-bond acceptors (Lipinski definition) is 5. The van der Waals surface area contributed by atoms with Crippen LogP contribution in [0.5, 0.6) is 0 Å². The van der Waals surface area contributed by atoms with Crippen LogP contribution in [0, 0.1) is 0 Å². The summed E-state index contributed by atoms with van der Waals surface area (Å²) < 4.78 is 5.35. The molecule has 0 saturated carbocycles. The monoisotopic (exact) mass is 276 g/mol. The number of aliphatic hydroxyl groups is 2. The molecule has 0 atom stereocenters. The van der Waals surface area contributed by atoms with Crippen molar-refractivity contribution in [2.24, 2.45) is 0 Å². The van der Waals surface area contributed by atoms with Gasteiger partial charge in [0.05, 0.1) is 6.54 Å². The largest absolute Gasteiger partial charge is 0.462 e. The van der Waals surface area contributed by atoms with Crippen molar-refractivity contribution in [2.45, 2.75) is 13.2 Å². The molecule has 0 aliphatic carbocycles. The summed E-state index contributed by atoms with van der Waals surface area (Å²) in [6.45, 7) is -0.200. The van der Waals surface area contributed by atoms with Crippen molar-refractivity contribution in [1.82, 2.24) is 0 Å². The van der Waals surface area contributed by atoms with E-state index in [2.05, 4.69) is 10.6 Å². The maximum Gasteiger partial charge on any atom is 0.250 e. The molecule has 0 bridgehead atoms. The van der Waals surface area contributed by atoms with Gasteiger partial charge in [0, 0.05) is 11.4 Å². The third-order valence-electron chi connectivity index (χ3n) is 2.63. The quantitative estimate of drug-likeness (QED) is 0.638. The molecule has 1 aromatic heterocycles. The first-order valence-electron chi connectivity index (χ1n) is 6.14. The Bertz CT molecular complexity index is 580. The van der Waals surface area contributed by atoms with E-state index < -0.39 is 12.5 Å². The fraction of sp³-hybridized carbons (Fsp3) is 0.214. The first kappa shape index (κ1) is 14.1. The van der Waals surface area contributed by atoms with Crippen molar-refractivity contribution in [3.63, 3.8) is 0 Å². The lowest BCUT2D eigenvalue weighted by Crippen LogP contribution is -2.15. The molecule has 1 aromatic carbocycles. The Morgan fingerprint density at radius 1 is 1.10 bits per heavy atom. The van der Waals surface area contributed by atoms with Gasteiger partial charge in [0.2, 0.25) is 5.91 Å². The maximum atomic E-state index is 11.1. The third-order valence-corrected chi connectivity index (χ3v) is 2.63. The summed E-state index contributed by atoms with van der Waals surface area (Å²) in [5.74, 6) is 0.769. The fourth-order valence-electron chi connectivity index (χ4n) is 1.70. The Hall–Kier alpha value is -2.31. The summed E-state index contributed by atoms with van der Waals surface area (Å²) in [5.41, 5.74) is 1.41. The number of nitrogens with one attached hydrogen (secondary N) is 2. The van der Waals surface area contributed by atoms with E-state index in [0.717, 1.165) is 5.69 Å². The Balaban J connectivity index is 1.95. The van der Waals surface area contributed by atoms with Crippen LogP contribution in [-0.4, -0.2) is 22.7 Å².